The van der Waals surface area contributed by atoms with Crippen molar-refractivity contribution in [3.8, 4) is 17.0 Å². The van der Waals surface area contributed by atoms with Crippen molar-refractivity contribution in [1.82, 2.24) is 24.5 Å². The number of fused-ring (bicyclic) bond motifs is 2. The Morgan fingerprint density at radius 3 is 2.75 bits per heavy atom. The number of aromatic nitrogens is 4. The minimum atomic E-state index is 0.252. The fraction of sp³-hybridized carbons (Fsp3) is 0.476. The van der Waals surface area contributed by atoms with Crippen LogP contribution in [0.4, 0.5) is 5.95 Å². The monoisotopic (exact) mass is 378 g/mol. The molecule has 7 heteroatoms. The van der Waals surface area contributed by atoms with Crippen molar-refractivity contribution < 1.29 is 5.11 Å². The number of phenolic OH excluding ortho intramolecular Hbond substituents is 1. The van der Waals surface area contributed by atoms with Crippen LogP contribution < -0.4 is 4.90 Å². The first-order valence-electron chi connectivity index (χ1n) is 9.99. The van der Waals surface area contributed by atoms with Crippen LogP contribution >= 0.6 is 0 Å². The van der Waals surface area contributed by atoms with Gasteiger partial charge in [0.05, 0.1) is 5.69 Å². The molecule has 1 aromatic carbocycles. The molecule has 2 aliphatic heterocycles. The molecule has 0 aliphatic carbocycles. The topological polar surface area (TPSA) is 69.8 Å². The standard InChI is InChI=1S/C21H26N6O/c1-13-10-14(2)19(18(28)11-13)16-6-9-27-20(22-16)23-21(24-27)26-8-5-15-4-7-25(3)12-17(15)26/h6,9-11,15,17,28H,4-5,7-8,12H2,1-3H3/t15-,17-/m0/s1. The Morgan fingerprint density at radius 2 is 1.93 bits per heavy atom. The van der Waals surface area contributed by atoms with Gasteiger partial charge in [0.1, 0.15) is 5.75 Å². The molecule has 2 atom stereocenters. The second kappa shape index (κ2) is 6.44. The molecular weight excluding hydrogens is 352 g/mol. The van der Waals surface area contributed by atoms with E-state index in [-0.39, 0.29) is 5.75 Å². The van der Waals surface area contributed by atoms with Gasteiger partial charge in [-0.05, 0) is 69.5 Å². The Bertz CT molecular complexity index is 1020. The second-order valence-electron chi connectivity index (χ2n) is 8.31. The number of phenols is 1. The first-order chi connectivity index (χ1) is 13.5. The summed E-state index contributed by atoms with van der Waals surface area (Å²) in [6.07, 6.45) is 4.34. The van der Waals surface area contributed by atoms with E-state index in [0.29, 0.717) is 11.8 Å². The van der Waals surface area contributed by atoms with Gasteiger partial charge < -0.3 is 14.9 Å². The molecule has 146 valence electrons. The normalized spacial score (nSPS) is 22.8. The Morgan fingerprint density at radius 1 is 1.11 bits per heavy atom. The van der Waals surface area contributed by atoms with Gasteiger partial charge in [-0.1, -0.05) is 6.07 Å². The largest absolute Gasteiger partial charge is 0.507 e. The zero-order chi connectivity index (χ0) is 19.4. The van der Waals surface area contributed by atoms with Gasteiger partial charge in [0.2, 0.25) is 5.95 Å². The van der Waals surface area contributed by atoms with E-state index in [1.807, 2.05) is 26.1 Å². The third kappa shape index (κ3) is 2.81. The summed E-state index contributed by atoms with van der Waals surface area (Å²) in [7, 11) is 2.19. The molecule has 2 aromatic heterocycles. The maximum absolute atomic E-state index is 10.4. The number of piperidine rings is 1. The summed E-state index contributed by atoms with van der Waals surface area (Å²) >= 11 is 0. The van der Waals surface area contributed by atoms with Crippen LogP contribution in [-0.4, -0.2) is 62.3 Å². The van der Waals surface area contributed by atoms with Crippen LogP contribution in [0.1, 0.15) is 24.0 Å². The van der Waals surface area contributed by atoms with Gasteiger partial charge in [-0.15, -0.1) is 5.10 Å². The first-order valence-corrected chi connectivity index (χ1v) is 9.99. The summed E-state index contributed by atoms with van der Waals surface area (Å²) in [4.78, 5) is 14.2. The van der Waals surface area contributed by atoms with Gasteiger partial charge in [0, 0.05) is 30.9 Å². The van der Waals surface area contributed by atoms with Crippen LogP contribution in [0.3, 0.4) is 0 Å². The fourth-order valence-electron chi connectivity index (χ4n) is 4.85. The Kier molecular flexibility index (Phi) is 4.01. The molecule has 2 aliphatic rings. The predicted octanol–water partition coefficient (Wildman–Crippen LogP) is 2.64. The Balaban J connectivity index is 1.51. The minimum Gasteiger partial charge on any atom is -0.507 e. The molecule has 0 unspecified atom stereocenters. The van der Waals surface area contributed by atoms with Crippen LogP contribution in [0.5, 0.6) is 5.75 Å². The molecule has 7 nitrogen and oxygen atoms in total. The number of rotatable bonds is 2. The molecular formula is C21H26N6O. The quantitative estimate of drug-likeness (QED) is 0.739. The average molecular weight is 378 g/mol. The van der Waals surface area contributed by atoms with E-state index < -0.39 is 0 Å². The highest BCUT2D eigenvalue weighted by Gasteiger charge is 2.39. The van der Waals surface area contributed by atoms with Crippen molar-refractivity contribution in [2.45, 2.75) is 32.7 Å². The Hall–Kier alpha value is -2.67. The van der Waals surface area contributed by atoms with Gasteiger partial charge in [0.15, 0.2) is 0 Å². The van der Waals surface area contributed by atoms with E-state index in [0.717, 1.165) is 47.3 Å². The highest BCUT2D eigenvalue weighted by Crippen LogP contribution is 2.35. The third-order valence-electron chi connectivity index (χ3n) is 6.23. The van der Waals surface area contributed by atoms with E-state index >= 15 is 0 Å². The molecule has 0 spiro atoms. The third-order valence-corrected chi connectivity index (χ3v) is 6.23. The van der Waals surface area contributed by atoms with E-state index in [9.17, 15) is 5.11 Å². The lowest BCUT2D eigenvalue weighted by molar-refractivity contribution is 0.207. The Labute approximate surface area is 164 Å². The van der Waals surface area contributed by atoms with Crippen LogP contribution in [0.15, 0.2) is 24.4 Å². The summed E-state index contributed by atoms with van der Waals surface area (Å²) in [5.74, 6) is 2.32. The van der Waals surface area contributed by atoms with Crippen LogP contribution in [0.25, 0.3) is 17.0 Å². The summed E-state index contributed by atoms with van der Waals surface area (Å²) in [5, 5.41) is 15.1. The molecule has 1 N–H and O–H groups in total. The molecule has 5 rings (SSSR count). The van der Waals surface area contributed by atoms with Crippen molar-refractivity contribution in [3.63, 3.8) is 0 Å². The van der Waals surface area contributed by atoms with Gasteiger partial charge in [-0.25, -0.2) is 9.50 Å². The maximum Gasteiger partial charge on any atom is 0.254 e. The van der Waals surface area contributed by atoms with Gasteiger partial charge in [0.25, 0.3) is 5.78 Å². The summed E-state index contributed by atoms with van der Waals surface area (Å²) < 4.78 is 1.74. The number of benzene rings is 1. The minimum absolute atomic E-state index is 0.252. The maximum atomic E-state index is 10.4. The summed E-state index contributed by atoms with van der Waals surface area (Å²) in [5.41, 5.74) is 3.51. The number of hydrogen-bond donors (Lipinski definition) is 1. The van der Waals surface area contributed by atoms with Crippen molar-refractivity contribution >= 4 is 11.7 Å². The molecule has 4 heterocycles. The average Bonchev–Trinajstić information content (AvgIpc) is 3.23. The van der Waals surface area contributed by atoms with E-state index in [1.54, 1.807) is 10.6 Å². The van der Waals surface area contributed by atoms with Gasteiger partial charge in [-0.3, -0.25) is 0 Å². The molecule has 0 bridgehead atoms. The lowest BCUT2D eigenvalue weighted by Gasteiger charge is -2.36. The van der Waals surface area contributed by atoms with E-state index in [2.05, 4.69) is 22.9 Å². The van der Waals surface area contributed by atoms with Crippen LogP contribution in [0, 0.1) is 19.8 Å². The number of likely N-dealkylation sites (tertiary alicyclic amines) is 1. The number of aromatic hydroxyl groups is 1. The fourth-order valence-corrected chi connectivity index (χ4v) is 4.85. The van der Waals surface area contributed by atoms with Gasteiger partial charge >= 0.3 is 0 Å². The SMILES string of the molecule is Cc1cc(C)c(-c2ccn3nc(N4CC[C@@H]5CCN(C)C[C@@H]54)nc3n2)c(O)c1. The molecule has 28 heavy (non-hydrogen) atoms. The molecule has 2 fully saturated rings. The van der Waals surface area contributed by atoms with Crippen molar-refractivity contribution in [2.75, 3.05) is 31.6 Å². The lowest BCUT2D eigenvalue weighted by atomic mass is 9.92. The molecule has 3 aromatic rings. The summed E-state index contributed by atoms with van der Waals surface area (Å²) in [6, 6.07) is 6.20. The number of likely N-dealkylation sites (N-methyl/N-ethyl adjacent to an activating group) is 1. The number of nitrogens with zero attached hydrogens (tertiary/aromatic N) is 6. The van der Waals surface area contributed by atoms with Crippen molar-refractivity contribution in [3.05, 3.63) is 35.5 Å². The number of anilines is 1. The highest BCUT2D eigenvalue weighted by molar-refractivity contribution is 5.72. The molecule has 2 saturated heterocycles. The summed E-state index contributed by atoms with van der Waals surface area (Å²) in [6.45, 7) is 7.22. The molecule has 0 radical (unpaired) electrons. The van der Waals surface area contributed by atoms with Crippen LogP contribution in [-0.2, 0) is 0 Å². The first kappa shape index (κ1) is 17.4. The lowest BCUT2D eigenvalue weighted by Crippen LogP contribution is -2.47. The van der Waals surface area contributed by atoms with Crippen molar-refractivity contribution in [2.24, 2.45) is 5.92 Å². The number of aryl methyl sites for hydroxylation is 2. The van der Waals surface area contributed by atoms with E-state index in [1.165, 1.54) is 19.4 Å². The highest BCUT2D eigenvalue weighted by atomic mass is 16.3. The molecule has 0 amide bonds. The van der Waals surface area contributed by atoms with E-state index in [4.69, 9.17) is 15.1 Å². The van der Waals surface area contributed by atoms with Crippen LogP contribution in [0.2, 0.25) is 0 Å². The predicted molar refractivity (Wildman–Crippen MR) is 109 cm³/mol. The smallest absolute Gasteiger partial charge is 0.254 e. The van der Waals surface area contributed by atoms with Crippen molar-refractivity contribution in [1.29, 1.82) is 0 Å². The zero-order valence-corrected chi connectivity index (χ0v) is 16.6. The van der Waals surface area contributed by atoms with Gasteiger partial charge in [-0.2, -0.15) is 4.98 Å². The zero-order valence-electron chi connectivity index (χ0n) is 16.6. The second-order valence-corrected chi connectivity index (χ2v) is 8.31. The number of hydrogen-bond acceptors (Lipinski definition) is 6. The molecule has 0 saturated carbocycles.